The molecule has 8 nitrogen and oxygen atoms in total. The van der Waals surface area contributed by atoms with Gasteiger partial charge in [0.15, 0.2) is 11.5 Å². The lowest BCUT2D eigenvalue weighted by Crippen LogP contribution is -2.50. The molecule has 4 rings (SSSR count). The van der Waals surface area contributed by atoms with Crippen LogP contribution in [0.4, 0.5) is 0 Å². The number of aryl methyl sites for hydroxylation is 2. The first-order chi connectivity index (χ1) is 13.1. The predicted molar refractivity (Wildman–Crippen MR) is 93.8 cm³/mol. The van der Waals surface area contributed by atoms with Crippen LogP contribution in [0, 0.1) is 13.8 Å². The molecule has 2 aliphatic heterocycles. The van der Waals surface area contributed by atoms with Gasteiger partial charge in [-0.25, -0.2) is 0 Å². The number of aromatic nitrogens is 1. The molecule has 8 heteroatoms. The average Bonchev–Trinajstić information content (AvgIpc) is 3.27. The van der Waals surface area contributed by atoms with E-state index in [1.807, 2.05) is 13.8 Å². The first kappa shape index (κ1) is 17.8. The number of hydrogen-bond donors (Lipinski definition) is 1. The Morgan fingerprint density at radius 3 is 2.96 bits per heavy atom. The van der Waals surface area contributed by atoms with E-state index < -0.39 is 0 Å². The Labute approximate surface area is 156 Å². The highest BCUT2D eigenvalue weighted by Crippen LogP contribution is 2.32. The highest BCUT2D eigenvalue weighted by molar-refractivity contribution is 5.95. The van der Waals surface area contributed by atoms with Gasteiger partial charge in [-0.1, -0.05) is 5.16 Å². The number of amides is 1. The number of benzene rings is 1. The third-order valence-corrected chi connectivity index (χ3v) is 4.88. The summed E-state index contributed by atoms with van der Waals surface area (Å²) in [5.41, 5.74) is 2.27. The summed E-state index contributed by atoms with van der Waals surface area (Å²) in [4.78, 5) is 12.7. The molecule has 1 saturated heterocycles. The van der Waals surface area contributed by atoms with E-state index in [4.69, 9.17) is 23.5 Å². The van der Waals surface area contributed by atoms with Gasteiger partial charge in [0.05, 0.1) is 24.9 Å². The molecule has 3 heterocycles. The number of nitrogens with one attached hydrogen (secondary N) is 1. The van der Waals surface area contributed by atoms with Crippen LogP contribution in [0.15, 0.2) is 22.7 Å². The van der Waals surface area contributed by atoms with Crippen molar-refractivity contribution in [2.75, 3.05) is 20.0 Å². The lowest BCUT2D eigenvalue weighted by atomic mass is 10.0. The van der Waals surface area contributed by atoms with Gasteiger partial charge in [0.2, 0.25) is 6.79 Å². The Bertz CT molecular complexity index is 814. The van der Waals surface area contributed by atoms with E-state index in [9.17, 15) is 4.79 Å². The van der Waals surface area contributed by atoms with Crippen LogP contribution in [0.2, 0.25) is 0 Å². The summed E-state index contributed by atoms with van der Waals surface area (Å²) in [6.45, 7) is 5.29. The number of carbonyl (C=O) groups excluding carboxylic acids is 1. The maximum atomic E-state index is 12.7. The third-order valence-electron chi connectivity index (χ3n) is 4.88. The van der Waals surface area contributed by atoms with E-state index in [0.29, 0.717) is 43.3 Å². The van der Waals surface area contributed by atoms with Gasteiger partial charge in [0.25, 0.3) is 5.91 Å². The largest absolute Gasteiger partial charge is 0.454 e. The van der Waals surface area contributed by atoms with Crippen LogP contribution in [0.25, 0.3) is 0 Å². The first-order valence-electron chi connectivity index (χ1n) is 8.93. The van der Waals surface area contributed by atoms with Crippen LogP contribution in [-0.2, 0) is 16.1 Å². The molecule has 1 N–H and O–H groups in total. The molecule has 0 radical (unpaired) electrons. The minimum Gasteiger partial charge on any atom is -0.454 e. The van der Waals surface area contributed by atoms with Crippen LogP contribution >= 0.6 is 0 Å². The molecule has 27 heavy (non-hydrogen) atoms. The van der Waals surface area contributed by atoms with Gasteiger partial charge in [0, 0.05) is 17.7 Å². The summed E-state index contributed by atoms with van der Waals surface area (Å²) < 4.78 is 27.4. The monoisotopic (exact) mass is 374 g/mol. The Hall–Kier alpha value is -2.58. The summed E-state index contributed by atoms with van der Waals surface area (Å²) in [6, 6.07) is 5.02. The number of fused-ring (bicyclic) bond motifs is 1. The summed E-state index contributed by atoms with van der Waals surface area (Å²) in [7, 11) is 0. The zero-order valence-corrected chi connectivity index (χ0v) is 15.3. The van der Waals surface area contributed by atoms with Crippen molar-refractivity contribution in [1.82, 2.24) is 10.5 Å². The van der Waals surface area contributed by atoms with E-state index in [0.717, 1.165) is 17.0 Å². The van der Waals surface area contributed by atoms with Crippen LogP contribution in [0.5, 0.6) is 11.5 Å². The zero-order chi connectivity index (χ0) is 18.8. The molecule has 0 bridgehead atoms. The Morgan fingerprint density at radius 2 is 2.15 bits per heavy atom. The van der Waals surface area contributed by atoms with Gasteiger partial charge in [-0.05, 0) is 38.5 Å². The predicted octanol–water partition coefficient (Wildman–Crippen LogP) is 2.12. The minimum absolute atomic E-state index is 0.142. The lowest BCUT2D eigenvalue weighted by molar-refractivity contribution is -0.0739. The molecule has 1 aromatic heterocycles. The summed E-state index contributed by atoms with van der Waals surface area (Å²) in [5, 5.41) is 6.99. The molecule has 2 aromatic rings. The summed E-state index contributed by atoms with van der Waals surface area (Å²) in [5.74, 6) is 1.80. The highest BCUT2D eigenvalue weighted by atomic mass is 16.7. The van der Waals surface area contributed by atoms with Crippen molar-refractivity contribution in [3.8, 4) is 11.5 Å². The van der Waals surface area contributed by atoms with Gasteiger partial charge in [-0.3, -0.25) is 4.79 Å². The Kier molecular flexibility index (Phi) is 5.00. The molecular formula is C19H22N2O6. The summed E-state index contributed by atoms with van der Waals surface area (Å²) in [6.07, 6.45) is 0.438. The molecule has 1 aromatic carbocycles. The van der Waals surface area contributed by atoms with Crippen molar-refractivity contribution in [2.45, 2.75) is 39.0 Å². The fourth-order valence-corrected chi connectivity index (χ4v) is 3.23. The lowest BCUT2D eigenvalue weighted by Gasteiger charge is -2.32. The number of carbonyl (C=O) groups is 1. The van der Waals surface area contributed by atoms with E-state index in [-0.39, 0.29) is 24.8 Å². The van der Waals surface area contributed by atoms with Crippen LogP contribution < -0.4 is 14.8 Å². The van der Waals surface area contributed by atoms with Crippen molar-refractivity contribution in [3.63, 3.8) is 0 Å². The van der Waals surface area contributed by atoms with Crippen LogP contribution in [-0.4, -0.2) is 43.2 Å². The molecule has 0 aliphatic carbocycles. The van der Waals surface area contributed by atoms with E-state index in [1.54, 1.807) is 18.2 Å². The average molecular weight is 374 g/mol. The minimum atomic E-state index is -0.245. The fraction of sp³-hybridized carbons (Fsp3) is 0.474. The number of ether oxygens (including phenoxy) is 4. The van der Waals surface area contributed by atoms with Crippen molar-refractivity contribution in [1.29, 1.82) is 0 Å². The van der Waals surface area contributed by atoms with Crippen molar-refractivity contribution in [2.24, 2.45) is 0 Å². The van der Waals surface area contributed by atoms with Gasteiger partial charge in [-0.15, -0.1) is 0 Å². The quantitative estimate of drug-likeness (QED) is 0.857. The number of nitrogens with zero attached hydrogens (tertiary/aromatic N) is 1. The first-order valence-corrected chi connectivity index (χ1v) is 8.93. The van der Waals surface area contributed by atoms with Gasteiger partial charge >= 0.3 is 0 Å². The van der Waals surface area contributed by atoms with Crippen LogP contribution in [0.1, 0.15) is 33.8 Å². The maximum Gasteiger partial charge on any atom is 0.251 e. The molecule has 1 amide bonds. The maximum absolute atomic E-state index is 12.7. The van der Waals surface area contributed by atoms with Crippen LogP contribution in [0.3, 0.4) is 0 Å². The molecular weight excluding hydrogens is 352 g/mol. The molecule has 0 saturated carbocycles. The van der Waals surface area contributed by atoms with Gasteiger partial charge < -0.3 is 28.8 Å². The Morgan fingerprint density at radius 1 is 1.30 bits per heavy atom. The van der Waals surface area contributed by atoms with Gasteiger partial charge in [0.1, 0.15) is 11.9 Å². The molecule has 2 aliphatic rings. The van der Waals surface area contributed by atoms with E-state index in [1.165, 1.54) is 0 Å². The third kappa shape index (κ3) is 3.77. The molecule has 144 valence electrons. The normalized spacial score (nSPS) is 21.3. The van der Waals surface area contributed by atoms with Crippen molar-refractivity contribution < 1.29 is 28.3 Å². The smallest absolute Gasteiger partial charge is 0.251 e. The molecule has 2 unspecified atom stereocenters. The summed E-state index contributed by atoms with van der Waals surface area (Å²) >= 11 is 0. The molecule has 0 spiro atoms. The number of hydrogen-bond acceptors (Lipinski definition) is 7. The fourth-order valence-electron chi connectivity index (χ4n) is 3.23. The zero-order valence-electron chi connectivity index (χ0n) is 15.3. The second-order valence-corrected chi connectivity index (χ2v) is 6.66. The highest BCUT2D eigenvalue weighted by Gasteiger charge is 2.29. The van der Waals surface area contributed by atoms with Crippen molar-refractivity contribution >= 4 is 5.91 Å². The van der Waals surface area contributed by atoms with E-state index in [2.05, 4.69) is 10.5 Å². The Balaban J connectivity index is 1.40. The van der Waals surface area contributed by atoms with E-state index >= 15 is 0 Å². The second kappa shape index (κ2) is 7.58. The molecule has 2 atom stereocenters. The topological polar surface area (TPSA) is 92.1 Å². The molecule has 1 fully saturated rings. The second-order valence-electron chi connectivity index (χ2n) is 6.66. The number of rotatable bonds is 5. The SMILES string of the molecule is Cc1noc(C)c1COC1COCCC1NC(=O)c1ccc2c(c1)OCO2. The van der Waals surface area contributed by atoms with Crippen molar-refractivity contribution in [3.05, 3.63) is 40.8 Å². The van der Waals surface area contributed by atoms with Gasteiger partial charge in [-0.2, -0.15) is 0 Å². The standard InChI is InChI=1S/C19H22N2O6/c1-11-14(12(2)27-21-11)8-24-18-9-23-6-5-15(18)20-19(22)13-3-4-16-17(7-13)26-10-25-16/h3-4,7,15,18H,5-6,8-10H2,1-2H3,(H,20,22).